The van der Waals surface area contributed by atoms with Gasteiger partial charge in [0.1, 0.15) is 0 Å². The standard InChI is InChI=1S/C20H20N2O2S/c23-25(24,15-4-2-1-3-5-15)22-11-8-14-12-18-16-6-9-21-10-7-17(16)19(18)13-20(14)22/h1-5,8,11-13,16-17,21H,6-7,9-10H2/t16-,17+/m1/s1. The van der Waals surface area contributed by atoms with Crippen LogP contribution < -0.4 is 5.32 Å². The summed E-state index contributed by atoms with van der Waals surface area (Å²) in [7, 11) is -3.56. The Morgan fingerprint density at radius 2 is 1.60 bits per heavy atom. The molecule has 1 aromatic heterocycles. The molecule has 5 heteroatoms. The number of rotatable bonds is 2. The van der Waals surface area contributed by atoms with Gasteiger partial charge in [0, 0.05) is 11.6 Å². The van der Waals surface area contributed by atoms with E-state index in [1.807, 2.05) is 12.1 Å². The van der Waals surface area contributed by atoms with Crippen molar-refractivity contribution in [1.29, 1.82) is 0 Å². The molecule has 0 saturated carbocycles. The monoisotopic (exact) mass is 352 g/mol. The first kappa shape index (κ1) is 15.2. The van der Waals surface area contributed by atoms with Gasteiger partial charge >= 0.3 is 0 Å². The average Bonchev–Trinajstić information content (AvgIpc) is 2.93. The number of fused-ring (bicyclic) bond motifs is 5. The predicted octanol–water partition coefficient (Wildman–Crippen LogP) is 3.44. The highest BCUT2D eigenvalue weighted by molar-refractivity contribution is 7.90. The lowest BCUT2D eigenvalue weighted by molar-refractivity contribution is 0.458. The number of benzene rings is 2. The minimum absolute atomic E-state index is 0.326. The maximum absolute atomic E-state index is 13.0. The highest BCUT2D eigenvalue weighted by Crippen LogP contribution is 2.52. The zero-order valence-corrected chi connectivity index (χ0v) is 14.7. The molecule has 1 N–H and O–H groups in total. The number of nitrogens with zero attached hydrogens (tertiary/aromatic N) is 1. The molecule has 0 bridgehead atoms. The fourth-order valence-electron chi connectivity index (χ4n) is 4.44. The van der Waals surface area contributed by atoms with E-state index in [9.17, 15) is 8.42 Å². The maximum atomic E-state index is 13.0. The third-order valence-corrected chi connectivity index (χ3v) is 7.41. The van der Waals surface area contributed by atoms with Crippen LogP contribution in [0.2, 0.25) is 0 Å². The van der Waals surface area contributed by atoms with E-state index in [-0.39, 0.29) is 0 Å². The van der Waals surface area contributed by atoms with Gasteiger partial charge in [-0.15, -0.1) is 0 Å². The van der Waals surface area contributed by atoms with Crippen molar-refractivity contribution in [3.05, 3.63) is 65.9 Å². The molecule has 2 atom stereocenters. The van der Waals surface area contributed by atoms with Gasteiger partial charge in [0.15, 0.2) is 0 Å². The van der Waals surface area contributed by atoms with Gasteiger partial charge < -0.3 is 5.32 Å². The first-order valence-corrected chi connectivity index (χ1v) is 10.3. The first-order chi connectivity index (χ1) is 12.2. The van der Waals surface area contributed by atoms with Crippen molar-refractivity contribution in [2.75, 3.05) is 13.1 Å². The van der Waals surface area contributed by atoms with Gasteiger partial charge in [-0.2, -0.15) is 0 Å². The minimum Gasteiger partial charge on any atom is -0.317 e. The summed E-state index contributed by atoms with van der Waals surface area (Å²) in [6.45, 7) is 2.12. The van der Waals surface area contributed by atoms with Crippen LogP contribution in [-0.4, -0.2) is 25.5 Å². The van der Waals surface area contributed by atoms with Crippen LogP contribution in [-0.2, 0) is 10.0 Å². The van der Waals surface area contributed by atoms with E-state index in [0.29, 0.717) is 16.7 Å². The summed E-state index contributed by atoms with van der Waals surface area (Å²) in [5.41, 5.74) is 3.54. The molecule has 5 rings (SSSR count). The molecule has 0 unspecified atom stereocenters. The molecule has 2 aromatic carbocycles. The predicted molar refractivity (Wildman–Crippen MR) is 98.5 cm³/mol. The number of nitrogens with one attached hydrogen (secondary N) is 1. The maximum Gasteiger partial charge on any atom is 0.268 e. The molecule has 25 heavy (non-hydrogen) atoms. The Morgan fingerprint density at radius 3 is 2.32 bits per heavy atom. The third kappa shape index (κ3) is 2.19. The Balaban J connectivity index is 1.65. The van der Waals surface area contributed by atoms with Gasteiger partial charge in [0.25, 0.3) is 10.0 Å². The topological polar surface area (TPSA) is 51.1 Å². The fourth-order valence-corrected chi connectivity index (χ4v) is 5.81. The molecule has 3 aromatic rings. The molecular weight excluding hydrogens is 332 g/mol. The second-order valence-electron chi connectivity index (χ2n) is 7.01. The highest BCUT2D eigenvalue weighted by atomic mass is 32.2. The molecule has 0 amide bonds. The summed E-state index contributed by atoms with van der Waals surface area (Å²) in [5.74, 6) is 1.20. The largest absolute Gasteiger partial charge is 0.317 e. The lowest BCUT2D eigenvalue weighted by atomic mass is 9.65. The van der Waals surface area contributed by atoms with E-state index in [1.54, 1.807) is 30.5 Å². The molecule has 1 aliphatic heterocycles. The van der Waals surface area contributed by atoms with Gasteiger partial charge in [0.2, 0.25) is 0 Å². The second kappa shape index (κ2) is 5.44. The van der Waals surface area contributed by atoms with E-state index < -0.39 is 10.0 Å². The van der Waals surface area contributed by atoms with Crippen LogP contribution in [0.5, 0.6) is 0 Å². The first-order valence-electron chi connectivity index (χ1n) is 8.82. The molecule has 4 nitrogen and oxygen atoms in total. The molecule has 2 aliphatic rings. The molecule has 1 saturated heterocycles. The van der Waals surface area contributed by atoms with E-state index in [0.717, 1.165) is 30.4 Å². The van der Waals surface area contributed by atoms with Crippen molar-refractivity contribution in [2.45, 2.75) is 29.6 Å². The van der Waals surface area contributed by atoms with Crippen LogP contribution in [0.15, 0.2) is 59.6 Å². The van der Waals surface area contributed by atoms with Gasteiger partial charge in [0.05, 0.1) is 10.4 Å². The molecule has 1 aliphatic carbocycles. The van der Waals surface area contributed by atoms with Crippen molar-refractivity contribution < 1.29 is 8.42 Å². The second-order valence-corrected chi connectivity index (χ2v) is 8.82. The van der Waals surface area contributed by atoms with E-state index in [1.165, 1.54) is 21.5 Å². The Hall–Kier alpha value is -2.11. The molecule has 0 radical (unpaired) electrons. The van der Waals surface area contributed by atoms with Gasteiger partial charge in [-0.1, -0.05) is 18.2 Å². The van der Waals surface area contributed by atoms with Crippen LogP contribution in [0.25, 0.3) is 10.9 Å². The summed E-state index contributed by atoms with van der Waals surface area (Å²) in [6, 6.07) is 14.9. The number of hydrogen-bond donors (Lipinski definition) is 1. The smallest absolute Gasteiger partial charge is 0.268 e. The summed E-state index contributed by atoms with van der Waals surface area (Å²) >= 11 is 0. The lowest BCUT2D eigenvalue weighted by Crippen LogP contribution is -2.24. The van der Waals surface area contributed by atoms with Crippen molar-refractivity contribution in [1.82, 2.24) is 9.29 Å². The van der Waals surface area contributed by atoms with Gasteiger partial charge in [-0.3, -0.25) is 0 Å². The summed E-state index contributed by atoms with van der Waals surface area (Å²) in [6.07, 6.45) is 3.99. The van der Waals surface area contributed by atoms with Crippen molar-refractivity contribution in [3.8, 4) is 0 Å². The van der Waals surface area contributed by atoms with Crippen molar-refractivity contribution in [3.63, 3.8) is 0 Å². The number of aromatic nitrogens is 1. The molecule has 128 valence electrons. The Morgan fingerprint density at radius 1 is 0.920 bits per heavy atom. The highest BCUT2D eigenvalue weighted by Gasteiger charge is 2.38. The summed E-state index contributed by atoms with van der Waals surface area (Å²) in [4.78, 5) is 0.326. The molecule has 1 fully saturated rings. The zero-order valence-electron chi connectivity index (χ0n) is 13.9. The van der Waals surface area contributed by atoms with Gasteiger partial charge in [-0.25, -0.2) is 12.4 Å². The van der Waals surface area contributed by atoms with Crippen LogP contribution in [0.1, 0.15) is 35.8 Å². The average molecular weight is 352 g/mol. The zero-order chi connectivity index (χ0) is 17.0. The number of hydrogen-bond acceptors (Lipinski definition) is 3. The minimum atomic E-state index is -3.56. The van der Waals surface area contributed by atoms with E-state index in [4.69, 9.17) is 0 Å². The fraction of sp³-hybridized carbons (Fsp3) is 0.300. The summed E-state index contributed by atoms with van der Waals surface area (Å²) < 4.78 is 27.5. The Kier molecular flexibility index (Phi) is 3.30. The van der Waals surface area contributed by atoms with Crippen LogP contribution in [0.4, 0.5) is 0 Å². The lowest BCUT2D eigenvalue weighted by Gasteiger charge is -2.38. The van der Waals surface area contributed by atoms with Gasteiger partial charge in [-0.05, 0) is 79.2 Å². The third-order valence-electron chi connectivity index (χ3n) is 5.71. The normalized spacial score (nSPS) is 22.7. The Labute approximate surface area is 147 Å². The summed E-state index contributed by atoms with van der Waals surface area (Å²) in [5, 5.41) is 4.48. The molecular formula is C20H20N2O2S. The van der Waals surface area contributed by atoms with Crippen molar-refractivity contribution >= 4 is 20.9 Å². The van der Waals surface area contributed by atoms with Crippen LogP contribution >= 0.6 is 0 Å². The van der Waals surface area contributed by atoms with Crippen LogP contribution in [0, 0.1) is 0 Å². The van der Waals surface area contributed by atoms with E-state index >= 15 is 0 Å². The molecule has 2 heterocycles. The van der Waals surface area contributed by atoms with Crippen molar-refractivity contribution in [2.24, 2.45) is 0 Å². The Bertz CT molecular complexity index is 1050. The van der Waals surface area contributed by atoms with Crippen LogP contribution in [0.3, 0.4) is 0 Å². The molecule has 0 spiro atoms. The SMILES string of the molecule is O=S(=O)(c1ccccc1)n1ccc2cc3c(cc21)[C@H]1CCNCC[C@@H]31. The quantitative estimate of drug-likeness (QED) is 0.769. The van der Waals surface area contributed by atoms with E-state index in [2.05, 4.69) is 17.4 Å².